The van der Waals surface area contributed by atoms with Gasteiger partial charge in [0.15, 0.2) is 5.96 Å². The van der Waals surface area contributed by atoms with Crippen LogP contribution in [0.3, 0.4) is 0 Å². The fraction of sp³-hybridized carbons (Fsp3) is 0.562. The van der Waals surface area contributed by atoms with Crippen LogP contribution in [0.5, 0.6) is 0 Å². The quantitative estimate of drug-likeness (QED) is 0.645. The van der Waals surface area contributed by atoms with Gasteiger partial charge in [-0.25, -0.2) is 0 Å². The Morgan fingerprint density at radius 1 is 1.42 bits per heavy atom. The third-order valence-electron chi connectivity index (χ3n) is 3.65. The minimum atomic E-state index is 0.552. The first-order valence-electron chi connectivity index (χ1n) is 7.28. The molecule has 1 aromatic carbocycles. The van der Waals surface area contributed by atoms with Gasteiger partial charge < -0.3 is 11.1 Å². The second kappa shape index (κ2) is 6.60. The van der Waals surface area contributed by atoms with E-state index in [-0.39, 0.29) is 0 Å². The van der Waals surface area contributed by atoms with Crippen molar-refractivity contribution in [1.29, 1.82) is 0 Å². The van der Waals surface area contributed by atoms with Crippen LogP contribution in [0.2, 0.25) is 0 Å². The van der Waals surface area contributed by atoms with E-state index in [2.05, 4.69) is 48.4 Å². The van der Waals surface area contributed by atoms with Gasteiger partial charge in [0.2, 0.25) is 0 Å². The van der Waals surface area contributed by atoms with Gasteiger partial charge in [0.05, 0.1) is 0 Å². The van der Waals surface area contributed by atoms with Crippen LogP contribution in [-0.4, -0.2) is 19.0 Å². The molecule has 0 fully saturated rings. The third kappa shape index (κ3) is 3.98. The molecule has 0 spiro atoms. The molecular weight excluding hydrogens is 234 g/mol. The Morgan fingerprint density at radius 2 is 2.21 bits per heavy atom. The molecule has 0 amide bonds. The summed E-state index contributed by atoms with van der Waals surface area (Å²) in [5.74, 6) is 1.70. The predicted octanol–water partition coefficient (Wildman–Crippen LogP) is 2.67. The highest BCUT2D eigenvalue weighted by Crippen LogP contribution is 2.30. The van der Waals surface area contributed by atoms with Gasteiger partial charge in [-0.3, -0.25) is 4.99 Å². The summed E-state index contributed by atoms with van der Waals surface area (Å²) in [5.41, 5.74) is 8.88. The maximum Gasteiger partial charge on any atom is 0.188 e. The van der Waals surface area contributed by atoms with Crippen LogP contribution >= 0.6 is 0 Å². The zero-order valence-corrected chi connectivity index (χ0v) is 12.0. The van der Waals surface area contributed by atoms with Crippen LogP contribution in [0.4, 0.5) is 0 Å². The van der Waals surface area contributed by atoms with Gasteiger partial charge in [-0.1, -0.05) is 38.1 Å². The van der Waals surface area contributed by atoms with Crippen LogP contribution in [0.15, 0.2) is 29.3 Å². The lowest BCUT2D eigenvalue weighted by atomic mass is 9.83. The second-order valence-corrected chi connectivity index (χ2v) is 5.79. The van der Waals surface area contributed by atoms with Crippen molar-refractivity contribution >= 4 is 5.96 Å². The second-order valence-electron chi connectivity index (χ2n) is 5.79. The Bertz CT molecular complexity index is 437. The Hall–Kier alpha value is -1.51. The Balaban J connectivity index is 1.92. The summed E-state index contributed by atoms with van der Waals surface area (Å²) in [4.78, 5) is 4.35. The summed E-state index contributed by atoms with van der Waals surface area (Å²) in [7, 11) is 0. The first-order valence-corrected chi connectivity index (χ1v) is 7.28. The molecule has 1 atom stereocenters. The predicted molar refractivity (Wildman–Crippen MR) is 81.5 cm³/mol. The molecule has 0 aliphatic heterocycles. The highest BCUT2D eigenvalue weighted by atomic mass is 15.1. The van der Waals surface area contributed by atoms with Gasteiger partial charge in [-0.05, 0) is 36.3 Å². The van der Waals surface area contributed by atoms with E-state index in [0.29, 0.717) is 17.8 Å². The van der Waals surface area contributed by atoms with E-state index in [1.165, 1.54) is 30.4 Å². The summed E-state index contributed by atoms with van der Waals surface area (Å²) in [6.07, 6.45) is 3.72. The van der Waals surface area contributed by atoms with Crippen molar-refractivity contribution in [2.24, 2.45) is 16.6 Å². The first-order chi connectivity index (χ1) is 9.16. The number of aryl methyl sites for hydroxylation is 1. The van der Waals surface area contributed by atoms with Gasteiger partial charge >= 0.3 is 0 Å². The molecule has 1 aromatic rings. The van der Waals surface area contributed by atoms with E-state index in [4.69, 9.17) is 5.73 Å². The Labute approximate surface area is 116 Å². The average Bonchev–Trinajstić information content (AvgIpc) is 2.42. The molecule has 1 unspecified atom stereocenters. The third-order valence-corrected chi connectivity index (χ3v) is 3.65. The highest BCUT2D eigenvalue weighted by Gasteiger charge is 2.19. The fourth-order valence-corrected chi connectivity index (χ4v) is 2.63. The number of nitrogens with one attached hydrogen (secondary N) is 1. The van der Waals surface area contributed by atoms with Crippen LogP contribution in [0.1, 0.15) is 43.7 Å². The molecule has 2 rings (SSSR count). The molecule has 104 valence electrons. The first kappa shape index (κ1) is 13.9. The lowest BCUT2D eigenvalue weighted by Gasteiger charge is -2.25. The Morgan fingerprint density at radius 3 is 3.00 bits per heavy atom. The van der Waals surface area contributed by atoms with E-state index in [0.717, 1.165) is 13.1 Å². The van der Waals surface area contributed by atoms with E-state index in [1.807, 2.05) is 0 Å². The van der Waals surface area contributed by atoms with Crippen LogP contribution in [-0.2, 0) is 6.42 Å². The summed E-state index contributed by atoms with van der Waals surface area (Å²) in [6, 6.07) is 8.76. The van der Waals surface area contributed by atoms with Gasteiger partial charge in [-0.2, -0.15) is 0 Å². The van der Waals surface area contributed by atoms with Crippen molar-refractivity contribution in [1.82, 2.24) is 5.32 Å². The Kier molecular flexibility index (Phi) is 4.83. The zero-order valence-electron chi connectivity index (χ0n) is 12.0. The molecule has 3 nitrogen and oxygen atoms in total. The maximum absolute atomic E-state index is 5.90. The fourth-order valence-electron chi connectivity index (χ4n) is 2.63. The van der Waals surface area contributed by atoms with E-state index in [1.54, 1.807) is 0 Å². The topological polar surface area (TPSA) is 50.4 Å². The maximum atomic E-state index is 5.90. The van der Waals surface area contributed by atoms with Gasteiger partial charge in [0.25, 0.3) is 0 Å². The van der Waals surface area contributed by atoms with Gasteiger partial charge in [-0.15, -0.1) is 0 Å². The number of nitrogens with zero attached hydrogens (tertiary/aromatic N) is 1. The van der Waals surface area contributed by atoms with Crippen molar-refractivity contribution in [2.75, 3.05) is 13.1 Å². The summed E-state index contributed by atoms with van der Waals surface area (Å²) < 4.78 is 0. The minimum absolute atomic E-state index is 0.552. The number of hydrogen-bond donors (Lipinski definition) is 2. The monoisotopic (exact) mass is 259 g/mol. The number of rotatable bonds is 4. The largest absolute Gasteiger partial charge is 0.370 e. The normalized spacial score (nSPS) is 19.3. The van der Waals surface area contributed by atoms with E-state index >= 15 is 0 Å². The lowest BCUT2D eigenvalue weighted by Crippen LogP contribution is -2.36. The molecule has 1 aliphatic carbocycles. The molecule has 1 aliphatic rings. The molecular formula is C16H25N3. The van der Waals surface area contributed by atoms with Crippen LogP contribution in [0, 0.1) is 5.92 Å². The van der Waals surface area contributed by atoms with Crippen molar-refractivity contribution < 1.29 is 0 Å². The standard InChI is InChI=1S/C16H25N3/c1-12(2)10-18-16(17)19-11-14-8-5-7-13-6-3-4-9-15(13)14/h3-4,6,9,12,14H,5,7-8,10-11H2,1-2H3,(H3,17,18,19). The molecule has 3 N–H and O–H groups in total. The van der Waals surface area contributed by atoms with Crippen molar-refractivity contribution in [3.05, 3.63) is 35.4 Å². The number of fused-ring (bicyclic) bond motifs is 1. The van der Waals surface area contributed by atoms with Crippen LogP contribution < -0.4 is 11.1 Å². The van der Waals surface area contributed by atoms with Crippen molar-refractivity contribution in [2.45, 2.75) is 39.0 Å². The minimum Gasteiger partial charge on any atom is -0.370 e. The molecule has 0 heterocycles. The number of benzene rings is 1. The summed E-state index contributed by atoms with van der Waals surface area (Å²) in [6.45, 7) is 5.98. The lowest BCUT2D eigenvalue weighted by molar-refractivity contribution is 0.541. The molecule has 3 heteroatoms. The van der Waals surface area contributed by atoms with E-state index < -0.39 is 0 Å². The number of aliphatic imine (C=N–C) groups is 1. The summed E-state index contributed by atoms with van der Waals surface area (Å²) >= 11 is 0. The van der Waals surface area contributed by atoms with Gasteiger partial charge in [0.1, 0.15) is 0 Å². The smallest absolute Gasteiger partial charge is 0.188 e. The molecule has 0 radical (unpaired) electrons. The molecule has 19 heavy (non-hydrogen) atoms. The van der Waals surface area contributed by atoms with Crippen molar-refractivity contribution in [3.8, 4) is 0 Å². The molecule has 0 saturated heterocycles. The van der Waals surface area contributed by atoms with Crippen LogP contribution in [0.25, 0.3) is 0 Å². The molecule has 0 saturated carbocycles. The number of guanidine groups is 1. The molecule has 0 bridgehead atoms. The zero-order chi connectivity index (χ0) is 13.7. The van der Waals surface area contributed by atoms with E-state index in [9.17, 15) is 0 Å². The van der Waals surface area contributed by atoms with Crippen molar-refractivity contribution in [3.63, 3.8) is 0 Å². The number of hydrogen-bond acceptors (Lipinski definition) is 1. The SMILES string of the molecule is CC(C)CN=C(N)NCC1CCCc2ccccc21. The molecule has 0 aromatic heterocycles. The summed E-state index contributed by atoms with van der Waals surface area (Å²) in [5, 5.41) is 3.28. The number of nitrogens with two attached hydrogens (primary N) is 1. The average molecular weight is 259 g/mol. The highest BCUT2D eigenvalue weighted by molar-refractivity contribution is 5.77. The van der Waals surface area contributed by atoms with Gasteiger partial charge in [0, 0.05) is 19.0 Å².